The van der Waals surface area contributed by atoms with E-state index in [0.717, 1.165) is 0 Å². The Hall–Kier alpha value is -2.37. The fourth-order valence-corrected chi connectivity index (χ4v) is 4.61. The van der Waals surface area contributed by atoms with Gasteiger partial charge in [0.15, 0.2) is 0 Å². The van der Waals surface area contributed by atoms with Crippen molar-refractivity contribution in [2.75, 3.05) is 26.2 Å². The number of alkyl halides is 3. The standard InChI is InChI=1S/C21H28F3N3O4S/c1-4-27(5-2)32(29,30)19-10-8-17(9-11-19)16(3)25-13-20(28)26(15-21(22,23)24)14-18-7-6-12-31-18/h6-12,16,25H,4-5,13-15H2,1-3H3/t16-/m1/s1. The number of nitrogens with one attached hydrogen (secondary N) is 1. The Balaban J connectivity index is 2.03. The molecule has 1 N–H and O–H groups in total. The molecule has 0 aliphatic rings. The molecule has 0 bridgehead atoms. The Morgan fingerprint density at radius 3 is 2.25 bits per heavy atom. The average Bonchev–Trinajstić information content (AvgIpc) is 3.24. The van der Waals surface area contributed by atoms with Crippen LogP contribution in [0, 0.1) is 0 Å². The maximum Gasteiger partial charge on any atom is 0.406 e. The molecule has 0 radical (unpaired) electrons. The first-order valence-electron chi connectivity index (χ1n) is 10.2. The molecule has 0 spiro atoms. The number of sulfonamides is 1. The van der Waals surface area contributed by atoms with Gasteiger partial charge in [-0.15, -0.1) is 0 Å². The molecule has 32 heavy (non-hydrogen) atoms. The molecule has 1 aromatic heterocycles. The predicted molar refractivity (Wildman–Crippen MR) is 113 cm³/mol. The lowest BCUT2D eigenvalue weighted by molar-refractivity contribution is -0.162. The molecule has 11 heteroatoms. The van der Waals surface area contributed by atoms with Crippen molar-refractivity contribution in [1.29, 1.82) is 0 Å². The molecule has 7 nitrogen and oxygen atoms in total. The van der Waals surface area contributed by atoms with E-state index in [1.807, 2.05) is 0 Å². The second-order valence-corrected chi connectivity index (χ2v) is 9.14. The minimum absolute atomic E-state index is 0.156. The molecule has 0 saturated carbocycles. The largest absolute Gasteiger partial charge is 0.467 e. The minimum Gasteiger partial charge on any atom is -0.467 e. The normalized spacial score (nSPS) is 13.3. The molecule has 0 unspecified atom stereocenters. The van der Waals surface area contributed by atoms with Gasteiger partial charge >= 0.3 is 6.18 Å². The molecule has 1 aromatic carbocycles. The van der Waals surface area contributed by atoms with Crippen LogP contribution in [0.25, 0.3) is 0 Å². The Kier molecular flexibility index (Phi) is 8.88. The zero-order valence-electron chi connectivity index (χ0n) is 18.2. The number of rotatable bonds is 11. The SMILES string of the molecule is CCN(CC)S(=O)(=O)c1ccc([C@@H](C)NCC(=O)N(Cc2ccco2)CC(F)(F)F)cc1. The second kappa shape index (κ2) is 11.0. The van der Waals surface area contributed by atoms with Crippen molar-refractivity contribution in [2.24, 2.45) is 0 Å². The molecular formula is C21H28F3N3O4S. The Morgan fingerprint density at radius 1 is 1.12 bits per heavy atom. The van der Waals surface area contributed by atoms with Crippen molar-refractivity contribution < 1.29 is 30.8 Å². The summed E-state index contributed by atoms with van der Waals surface area (Å²) < 4.78 is 70.3. The molecule has 2 rings (SSSR count). The summed E-state index contributed by atoms with van der Waals surface area (Å²) in [4.78, 5) is 13.3. The van der Waals surface area contributed by atoms with Gasteiger partial charge in [0.25, 0.3) is 0 Å². The van der Waals surface area contributed by atoms with Crippen LogP contribution in [-0.2, 0) is 21.4 Å². The summed E-state index contributed by atoms with van der Waals surface area (Å²) in [5.41, 5.74) is 0.699. The van der Waals surface area contributed by atoms with Gasteiger partial charge in [0.05, 0.1) is 24.2 Å². The van der Waals surface area contributed by atoms with Crippen LogP contribution >= 0.6 is 0 Å². The van der Waals surface area contributed by atoms with Crippen molar-refractivity contribution in [3.63, 3.8) is 0 Å². The molecule has 1 atom stereocenters. The van der Waals surface area contributed by atoms with Crippen LogP contribution in [0.4, 0.5) is 13.2 Å². The molecule has 178 valence electrons. The summed E-state index contributed by atoms with van der Waals surface area (Å²) in [7, 11) is -3.59. The van der Waals surface area contributed by atoms with Crippen LogP contribution in [0.1, 0.15) is 38.1 Å². The van der Waals surface area contributed by atoms with Gasteiger partial charge in [-0.3, -0.25) is 4.79 Å². The number of benzene rings is 1. The molecule has 0 fully saturated rings. The number of nitrogens with zero attached hydrogens (tertiary/aromatic N) is 2. The first-order valence-corrected chi connectivity index (χ1v) is 11.6. The molecule has 0 aliphatic heterocycles. The second-order valence-electron chi connectivity index (χ2n) is 7.21. The van der Waals surface area contributed by atoms with Gasteiger partial charge in [-0.2, -0.15) is 17.5 Å². The molecular weight excluding hydrogens is 447 g/mol. The van der Waals surface area contributed by atoms with Gasteiger partial charge in [0.1, 0.15) is 12.3 Å². The van der Waals surface area contributed by atoms with E-state index in [1.54, 1.807) is 32.9 Å². The fourth-order valence-electron chi connectivity index (χ4n) is 3.15. The molecule has 0 aliphatic carbocycles. The predicted octanol–water partition coefficient (Wildman–Crippen LogP) is 3.55. The van der Waals surface area contributed by atoms with Gasteiger partial charge in [0, 0.05) is 19.1 Å². The minimum atomic E-state index is -4.54. The van der Waals surface area contributed by atoms with E-state index >= 15 is 0 Å². The monoisotopic (exact) mass is 475 g/mol. The average molecular weight is 476 g/mol. The highest BCUT2D eigenvalue weighted by Crippen LogP contribution is 2.21. The topological polar surface area (TPSA) is 82.9 Å². The quantitative estimate of drug-likeness (QED) is 0.538. The fraction of sp³-hybridized carbons (Fsp3) is 0.476. The van der Waals surface area contributed by atoms with Crippen LogP contribution in [0.5, 0.6) is 0 Å². The van der Waals surface area contributed by atoms with Crippen LogP contribution in [-0.4, -0.2) is 55.9 Å². The first-order chi connectivity index (χ1) is 15.0. The smallest absolute Gasteiger partial charge is 0.406 e. The van der Waals surface area contributed by atoms with E-state index in [2.05, 4.69) is 5.32 Å². The molecule has 2 aromatic rings. The summed E-state index contributed by atoms with van der Waals surface area (Å²) in [5.74, 6) is -0.480. The lowest BCUT2D eigenvalue weighted by Crippen LogP contribution is -2.43. The molecule has 0 saturated heterocycles. The summed E-state index contributed by atoms with van der Waals surface area (Å²) in [5, 5.41) is 2.90. The lowest BCUT2D eigenvalue weighted by atomic mass is 10.1. The number of halogens is 3. The van der Waals surface area contributed by atoms with E-state index in [4.69, 9.17) is 4.42 Å². The third kappa shape index (κ3) is 7.07. The zero-order chi connectivity index (χ0) is 23.9. The van der Waals surface area contributed by atoms with E-state index in [0.29, 0.717) is 23.6 Å². The third-order valence-electron chi connectivity index (χ3n) is 4.93. The zero-order valence-corrected chi connectivity index (χ0v) is 19.0. The Morgan fingerprint density at radius 2 is 1.75 bits per heavy atom. The number of amides is 1. The summed E-state index contributed by atoms with van der Waals surface area (Å²) >= 11 is 0. The van der Waals surface area contributed by atoms with Crippen LogP contribution in [0.15, 0.2) is 52.0 Å². The van der Waals surface area contributed by atoms with Crippen LogP contribution in [0.3, 0.4) is 0 Å². The maximum atomic E-state index is 12.9. The van der Waals surface area contributed by atoms with Gasteiger partial charge < -0.3 is 14.6 Å². The third-order valence-corrected chi connectivity index (χ3v) is 7.00. The van der Waals surface area contributed by atoms with Crippen molar-refractivity contribution in [2.45, 2.75) is 44.4 Å². The highest BCUT2D eigenvalue weighted by Gasteiger charge is 2.33. The molecule has 1 amide bonds. The maximum absolute atomic E-state index is 12.9. The van der Waals surface area contributed by atoms with Gasteiger partial charge in [-0.1, -0.05) is 26.0 Å². The summed E-state index contributed by atoms with van der Waals surface area (Å²) in [6.45, 7) is 3.96. The van der Waals surface area contributed by atoms with Crippen LogP contribution < -0.4 is 5.32 Å². The number of carbonyl (C=O) groups excluding carboxylic acids is 1. The Labute approximate surface area is 186 Å². The van der Waals surface area contributed by atoms with E-state index in [1.165, 1.54) is 34.8 Å². The van der Waals surface area contributed by atoms with E-state index in [9.17, 15) is 26.4 Å². The number of furan rings is 1. The highest BCUT2D eigenvalue weighted by molar-refractivity contribution is 7.89. The van der Waals surface area contributed by atoms with E-state index < -0.39 is 28.7 Å². The summed E-state index contributed by atoms with van der Waals surface area (Å²) in [6, 6.07) is 8.85. The van der Waals surface area contributed by atoms with Crippen molar-refractivity contribution in [1.82, 2.24) is 14.5 Å². The van der Waals surface area contributed by atoms with Crippen LogP contribution in [0.2, 0.25) is 0 Å². The molecule has 1 heterocycles. The number of hydrogen-bond acceptors (Lipinski definition) is 5. The van der Waals surface area contributed by atoms with Crippen molar-refractivity contribution in [3.05, 3.63) is 54.0 Å². The van der Waals surface area contributed by atoms with E-state index in [-0.39, 0.29) is 29.8 Å². The lowest BCUT2D eigenvalue weighted by Gasteiger charge is -2.24. The van der Waals surface area contributed by atoms with Crippen molar-refractivity contribution in [3.8, 4) is 0 Å². The Bertz CT molecular complexity index is 957. The van der Waals surface area contributed by atoms with Gasteiger partial charge in [0.2, 0.25) is 15.9 Å². The number of carbonyl (C=O) groups is 1. The first kappa shape index (κ1) is 25.9. The number of hydrogen-bond donors (Lipinski definition) is 1. The summed E-state index contributed by atoms with van der Waals surface area (Å²) in [6.07, 6.45) is -3.21. The highest BCUT2D eigenvalue weighted by atomic mass is 32.2. The van der Waals surface area contributed by atoms with Crippen molar-refractivity contribution >= 4 is 15.9 Å². The van der Waals surface area contributed by atoms with Gasteiger partial charge in [-0.25, -0.2) is 8.42 Å². The van der Waals surface area contributed by atoms with Gasteiger partial charge in [-0.05, 0) is 36.8 Å².